The summed E-state index contributed by atoms with van der Waals surface area (Å²) in [5, 5.41) is 14.2. The van der Waals surface area contributed by atoms with Gasteiger partial charge in [-0.05, 0) is 26.8 Å². The second-order valence-corrected chi connectivity index (χ2v) is 7.20. The van der Waals surface area contributed by atoms with Crippen LogP contribution in [0.25, 0.3) is 0 Å². The maximum atomic E-state index is 12.7. The number of nitro benzene ring substituents is 1. The monoisotopic (exact) mass is 313 g/mol. The van der Waals surface area contributed by atoms with Crippen molar-refractivity contribution in [1.82, 2.24) is 9.62 Å². The van der Waals surface area contributed by atoms with Crippen LogP contribution < -0.4 is 5.32 Å². The van der Waals surface area contributed by atoms with Gasteiger partial charge in [0.25, 0.3) is 5.69 Å². The molecule has 1 aliphatic rings. The molecule has 2 atom stereocenters. The Bertz CT molecular complexity index is 659. The van der Waals surface area contributed by atoms with Gasteiger partial charge in [0.1, 0.15) is 0 Å². The van der Waals surface area contributed by atoms with Crippen LogP contribution in [0.5, 0.6) is 0 Å². The highest BCUT2D eigenvalue weighted by Crippen LogP contribution is 2.26. The molecule has 1 N–H and O–H groups in total. The van der Waals surface area contributed by atoms with E-state index in [1.807, 2.05) is 13.8 Å². The summed E-state index contributed by atoms with van der Waals surface area (Å²) in [6.07, 6.45) is 0. The van der Waals surface area contributed by atoms with Crippen molar-refractivity contribution in [3.8, 4) is 0 Å². The third-order valence-corrected chi connectivity index (χ3v) is 5.94. The van der Waals surface area contributed by atoms with Crippen molar-refractivity contribution in [3.05, 3.63) is 33.9 Å². The minimum Gasteiger partial charge on any atom is -0.311 e. The number of nitro groups is 1. The van der Waals surface area contributed by atoms with Gasteiger partial charge in [0.15, 0.2) is 0 Å². The number of nitrogens with zero attached hydrogens (tertiary/aromatic N) is 2. The third kappa shape index (κ3) is 2.92. The molecule has 1 aliphatic heterocycles. The molecule has 0 saturated carbocycles. The molecule has 21 heavy (non-hydrogen) atoms. The first-order valence-electron chi connectivity index (χ1n) is 6.75. The Hall–Kier alpha value is -1.51. The van der Waals surface area contributed by atoms with Crippen LogP contribution in [0.15, 0.2) is 23.1 Å². The molecule has 0 aromatic heterocycles. The number of piperazine rings is 1. The van der Waals surface area contributed by atoms with Gasteiger partial charge in [0.05, 0.1) is 9.82 Å². The Kier molecular flexibility index (Phi) is 4.31. The highest BCUT2D eigenvalue weighted by atomic mass is 32.2. The Morgan fingerprint density at radius 3 is 2.67 bits per heavy atom. The first kappa shape index (κ1) is 15.9. The van der Waals surface area contributed by atoms with Crippen molar-refractivity contribution in [1.29, 1.82) is 0 Å². The van der Waals surface area contributed by atoms with E-state index < -0.39 is 14.9 Å². The highest BCUT2D eigenvalue weighted by Gasteiger charge is 2.35. The lowest BCUT2D eigenvalue weighted by molar-refractivity contribution is -0.385. The highest BCUT2D eigenvalue weighted by molar-refractivity contribution is 7.89. The molecule has 1 aromatic rings. The molecule has 1 fully saturated rings. The molecule has 1 heterocycles. The smallest absolute Gasteiger partial charge is 0.273 e. The second kappa shape index (κ2) is 5.70. The molecule has 7 nitrogen and oxygen atoms in total. The fourth-order valence-corrected chi connectivity index (χ4v) is 4.17. The molecule has 0 amide bonds. The standard InChI is InChI=1S/C13H19N3O4S/c1-9-4-5-12(8-13(9)16(17)18)21(19,20)15-7-6-14-10(2)11(15)3/h4-5,8,10-11,14H,6-7H2,1-3H3. The lowest BCUT2D eigenvalue weighted by atomic mass is 10.1. The summed E-state index contributed by atoms with van der Waals surface area (Å²) < 4.78 is 26.8. The van der Waals surface area contributed by atoms with Gasteiger partial charge in [-0.15, -0.1) is 0 Å². The van der Waals surface area contributed by atoms with Crippen LogP contribution in [0.1, 0.15) is 19.4 Å². The van der Waals surface area contributed by atoms with Crippen LogP contribution in [-0.2, 0) is 10.0 Å². The molecule has 0 spiro atoms. The molecule has 1 aromatic carbocycles. The number of hydrogen-bond donors (Lipinski definition) is 1. The van der Waals surface area contributed by atoms with Crippen LogP contribution in [0.4, 0.5) is 5.69 Å². The van der Waals surface area contributed by atoms with E-state index in [-0.39, 0.29) is 22.7 Å². The Balaban J connectivity index is 2.44. The fraction of sp³-hybridized carbons (Fsp3) is 0.538. The SMILES string of the molecule is Cc1ccc(S(=O)(=O)N2CCNC(C)C2C)cc1[N+](=O)[O-]. The van der Waals surface area contributed by atoms with Crippen LogP contribution in [0.3, 0.4) is 0 Å². The van der Waals surface area contributed by atoms with E-state index in [1.54, 1.807) is 6.92 Å². The predicted octanol–water partition coefficient (Wildman–Crippen LogP) is 1.27. The zero-order chi connectivity index (χ0) is 15.8. The van der Waals surface area contributed by atoms with Gasteiger partial charge in [0.2, 0.25) is 10.0 Å². The summed E-state index contributed by atoms with van der Waals surface area (Å²) in [6, 6.07) is 3.88. The first-order chi connectivity index (χ1) is 9.75. The van der Waals surface area contributed by atoms with Crippen molar-refractivity contribution in [2.75, 3.05) is 13.1 Å². The number of hydrogen-bond acceptors (Lipinski definition) is 5. The normalized spacial score (nSPS) is 24.0. The molecular weight excluding hydrogens is 294 g/mol. The van der Waals surface area contributed by atoms with Gasteiger partial charge in [-0.25, -0.2) is 8.42 Å². The van der Waals surface area contributed by atoms with Gasteiger partial charge in [-0.1, -0.05) is 6.07 Å². The van der Waals surface area contributed by atoms with Crippen molar-refractivity contribution < 1.29 is 13.3 Å². The van der Waals surface area contributed by atoms with Crippen LogP contribution >= 0.6 is 0 Å². The zero-order valence-corrected chi connectivity index (χ0v) is 13.1. The van der Waals surface area contributed by atoms with Gasteiger partial charge in [-0.2, -0.15) is 4.31 Å². The number of sulfonamides is 1. The quantitative estimate of drug-likeness (QED) is 0.670. The lowest BCUT2D eigenvalue weighted by Gasteiger charge is -2.37. The Morgan fingerprint density at radius 2 is 2.05 bits per heavy atom. The maximum Gasteiger partial charge on any atom is 0.273 e. The largest absolute Gasteiger partial charge is 0.311 e. The van der Waals surface area contributed by atoms with E-state index in [2.05, 4.69) is 5.32 Å². The van der Waals surface area contributed by atoms with Gasteiger partial charge >= 0.3 is 0 Å². The van der Waals surface area contributed by atoms with E-state index in [0.717, 1.165) is 6.07 Å². The average molecular weight is 313 g/mol. The zero-order valence-electron chi connectivity index (χ0n) is 12.2. The number of benzene rings is 1. The molecular formula is C13H19N3O4S. The molecule has 116 valence electrons. The summed E-state index contributed by atoms with van der Waals surface area (Å²) in [5.74, 6) is 0. The van der Waals surface area contributed by atoms with Crippen LogP contribution in [0.2, 0.25) is 0 Å². The maximum absolute atomic E-state index is 12.7. The van der Waals surface area contributed by atoms with E-state index in [1.165, 1.54) is 16.4 Å². The number of rotatable bonds is 3. The molecule has 2 rings (SSSR count). The topological polar surface area (TPSA) is 92.6 Å². The molecule has 0 aliphatic carbocycles. The van der Waals surface area contributed by atoms with Gasteiger partial charge in [0, 0.05) is 36.8 Å². The Morgan fingerprint density at radius 1 is 1.38 bits per heavy atom. The van der Waals surface area contributed by atoms with E-state index in [0.29, 0.717) is 18.7 Å². The van der Waals surface area contributed by atoms with Gasteiger partial charge in [-0.3, -0.25) is 10.1 Å². The van der Waals surface area contributed by atoms with Crippen molar-refractivity contribution in [3.63, 3.8) is 0 Å². The van der Waals surface area contributed by atoms with Gasteiger partial charge < -0.3 is 5.32 Å². The fourth-order valence-electron chi connectivity index (χ4n) is 2.45. The molecule has 0 radical (unpaired) electrons. The van der Waals surface area contributed by atoms with Crippen LogP contribution in [-0.4, -0.2) is 42.8 Å². The second-order valence-electron chi connectivity index (χ2n) is 5.30. The average Bonchev–Trinajstić information content (AvgIpc) is 2.41. The predicted molar refractivity (Wildman–Crippen MR) is 78.7 cm³/mol. The number of nitrogens with one attached hydrogen (secondary N) is 1. The summed E-state index contributed by atoms with van der Waals surface area (Å²) in [5.41, 5.74) is 0.271. The van der Waals surface area contributed by atoms with Crippen molar-refractivity contribution in [2.24, 2.45) is 0 Å². The molecule has 2 unspecified atom stereocenters. The molecule has 0 bridgehead atoms. The summed E-state index contributed by atoms with van der Waals surface area (Å²) in [4.78, 5) is 10.4. The molecule has 8 heteroatoms. The third-order valence-electron chi connectivity index (χ3n) is 3.96. The lowest BCUT2D eigenvalue weighted by Crippen LogP contribution is -2.57. The first-order valence-corrected chi connectivity index (χ1v) is 8.19. The number of aryl methyl sites for hydroxylation is 1. The van der Waals surface area contributed by atoms with Crippen LogP contribution in [0, 0.1) is 17.0 Å². The molecule has 1 saturated heterocycles. The summed E-state index contributed by atoms with van der Waals surface area (Å²) in [7, 11) is -3.73. The van der Waals surface area contributed by atoms with E-state index in [9.17, 15) is 18.5 Å². The van der Waals surface area contributed by atoms with Crippen molar-refractivity contribution >= 4 is 15.7 Å². The Labute approximate surface area is 124 Å². The minimum atomic E-state index is -3.73. The summed E-state index contributed by atoms with van der Waals surface area (Å²) >= 11 is 0. The summed E-state index contributed by atoms with van der Waals surface area (Å²) in [6.45, 7) is 6.26. The van der Waals surface area contributed by atoms with E-state index >= 15 is 0 Å². The minimum absolute atomic E-state index is 0.0271. The van der Waals surface area contributed by atoms with E-state index in [4.69, 9.17) is 0 Å². The van der Waals surface area contributed by atoms with Crippen molar-refractivity contribution in [2.45, 2.75) is 37.8 Å².